The Balaban J connectivity index is 1.93. The summed E-state index contributed by atoms with van der Waals surface area (Å²) in [7, 11) is -1.29. The van der Waals surface area contributed by atoms with Crippen molar-refractivity contribution in [2.24, 2.45) is 5.92 Å². The van der Waals surface area contributed by atoms with E-state index in [0.717, 1.165) is 13.0 Å². The summed E-state index contributed by atoms with van der Waals surface area (Å²) in [4.78, 5) is 11.6. The minimum absolute atomic E-state index is 0.147. The summed E-state index contributed by atoms with van der Waals surface area (Å²) in [6.07, 6.45) is 3.09. The summed E-state index contributed by atoms with van der Waals surface area (Å²) in [5.41, 5.74) is -0.825. The number of aliphatic carboxylic acids is 1. The molecule has 2 aliphatic rings. The van der Waals surface area contributed by atoms with Crippen LogP contribution in [0.2, 0.25) is 6.32 Å². The molecule has 7 heteroatoms. The maximum atomic E-state index is 11.6. The third kappa shape index (κ3) is 2.54. The molecule has 0 spiro atoms. The van der Waals surface area contributed by atoms with Crippen LogP contribution in [0.3, 0.4) is 0 Å². The lowest BCUT2D eigenvalue weighted by Gasteiger charge is -2.30. The van der Waals surface area contributed by atoms with E-state index in [2.05, 4.69) is 10.6 Å². The summed E-state index contributed by atoms with van der Waals surface area (Å²) in [6.45, 7) is 1.60. The standard InChI is InChI=1S/C11H21BN2O4/c15-10(16)11(4-1-2-5-12(17)18)8-3-6-13-9(8)7-14-11/h8-9,13-14,17-18H,1-7H2,(H,15,16). The largest absolute Gasteiger partial charge is 0.480 e. The Morgan fingerprint density at radius 3 is 2.83 bits per heavy atom. The van der Waals surface area contributed by atoms with Gasteiger partial charge in [0.2, 0.25) is 0 Å². The summed E-state index contributed by atoms with van der Waals surface area (Å²) in [5.74, 6) is -0.628. The Bertz CT molecular complexity index is 315. The number of nitrogens with one attached hydrogen (secondary N) is 2. The van der Waals surface area contributed by atoms with E-state index in [1.165, 1.54) is 0 Å². The first-order valence-corrected chi connectivity index (χ1v) is 6.64. The maximum Gasteiger partial charge on any atom is 0.451 e. The van der Waals surface area contributed by atoms with Crippen molar-refractivity contribution in [1.82, 2.24) is 10.6 Å². The number of unbranched alkanes of at least 4 members (excludes halogenated alkanes) is 1. The average molecular weight is 256 g/mol. The molecule has 3 unspecified atom stereocenters. The van der Waals surface area contributed by atoms with Crippen molar-refractivity contribution >= 4 is 13.1 Å². The normalized spacial score (nSPS) is 34.6. The molecule has 2 heterocycles. The van der Waals surface area contributed by atoms with Gasteiger partial charge >= 0.3 is 13.1 Å². The van der Waals surface area contributed by atoms with Crippen LogP contribution in [-0.2, 0) is 4.79 Å². The number of carboxylic acid groups (broad SMARTS) is 1. The second-order valence-corrected chi connectivity index (χ2v) is 5.34. The first-order valence-electron chi connectivity index (χ1n) is 6.64. The van der Waals surface area contributed by atoms with Crippen molar-refractivity contribution in [2.75, 3.05) is 13.1 Å². The fraction of sp³-hybridized carbons (Fsp3) is 0.909. The molecule has 0 radical (unpaired) electrons. The van der Waals surface area contributed by atoms with Crippen LogP contribution in [-0.4, -0.2) is 52.9 Å². The highest BCUT2D eigenvalue weighted by molar-refractivity contribution is 6.40. The van der Waals surface area contributed by atoms with Gasteiger partial charge in [0.25, 0.3) is 0 Å². The zero-order valence-electron chi connectivity index (χ0n) is 10.4. The molecule has 0 aromatic rings. The minimum atomic E-state index is -1.29. The van der Waals surface area contributed by atoms with E-state index in [0.29, 0.717) is 32.1 Å². The molecule has 18 heavy (non-hydrogen) atoms. The Kier molecular flexibility index (Phi) is 4.27. The Morgan fingerprint density at radius 2 is 2.17 bits per heavy atom. The molecular weight excluding hydrogens is 235 g/mol. The van der Waals surface area contributed by atoms with Crippen LogP contribution in [0.1, 0.15) is 25.7 Å². The van der Waals surface area contributed by atoms with Crippen molar-refractivity contribution < 1.29 is 19.9 Å². The smallest absolute Gasteiger partial charge is 0.451 e. The molecule has 5 N–H and O–H groups in total. The zero-order chi connectivity index (χ0) is 13.2. The first-order chi connectivity index (χ1) is 8.56. The third-order valence-corrected chi connectivity index (χ3v) is 4.28. The van der Waals surface area contributed by atoms with Crippen LogP contribution in [0.25, 0.3) is 0 Å². The van der Waals surface area contributed by atoms with Gasteiger partial charge in [-0.1, -0.05) is 12.8 Å². The second-order valence-electron chi connectivity index (χ2n) is 5.34. The lowest BCUT2D eigenvalue weighted by molar-refractivity contribution is -0.146. The molecule has 0 aromatic heterocycles. The monoisotopic (exact) mass is 256 g/mol. The summed E-state index contributed by atoms with van der Waals surface area (Å²) in [5, 5.41) is 33.6. The number of rotatable bonds is 6. The van der Waals surface area contributed by atoms with Crippen molar-refractivity contribution in [3.05, 3.63) is 0 Å². The maximum absolute atomic E-state index is 11.6. The van der Waals surface area contributed by atoms with Crippen LogP contribution < -0.4 is 10.6 Å². The van der Waals surface area contributed by atoms with Gasteiger partial charge in [-0.15, -0.1) is 0 Å². The molecule has 6 nitrogen and oxygen atoms in total. The molecule has 2 fully saturated rings. The van der Waals surface area contributed by atoms with Crippen LogP contribution in [0.15, 0.2) is 0 Å². The zero-order valence-corrected chi connectivity index (χ0v) is 10.4. The molecule has 3 atom stereocenters. The topological polar surface area (TPSA) is 102 Å². The molecule has 0 aliphatic carbocycles. The van der Waals surface area contributed by atoms with Crippen LogP contribution in [0, 0.1) is 5.92 Å². The molecule has 0 amide bonds. The summed E-state index contributed by atoms with van der Waals surface area (Å²) in [6, 6.07) is 0.268. The predicted octanol–water partition coefficient (Wildman–Crippen LogP) is -0.966. The third-order valence-electron chi connectivity index (χ3n) is 4.28. The molecular formula is C11H21BN2O4. The molecule has 2 rings (SSSR count). The lowest BCUT2D eigenvalue weighted by atomic mass is 9.77. The molecule has 0 aromatic carbocycles. The van der Waals surface area contributed by atoms with E-state index in [4.69, 9.17) is 10.0 Å². The SMILES string of the molecule is O=C(O)C1(CCCCB(O)O)NCC2NCCC21. The molecule has 2 aliphatic heterocycles. The van der Waals surface area contributed by atoms with Crippen molar-refractivity contribution in [3.63, 3.8) is 0 Å². The summed E-state index contributed by atoms with van der Waals surface area (Å²) >= 11 is 0. The quantitative estimate of drug-likeness (QED) is 0.310. The van der Waals surface area contributed by atoms with Gasteiger partial charge in [-0.25, -0.2) is 0 Å². The van der Waals surface area contributed by atoms with Gasteiger partial charge in [-0.05, 0) is 25.7 Å². The predicted molar refractivity (Wildman–Crippen MR) is 67.1 cm³/mol. The molecule has 102 valence electrons. The van der Waals surface area contributed by atoms with Crippen LogP contribution in [0.4, 0.5) is 0 Å². The van der Waals surface area contributed by atoms with E-state index in [9.17, 15) is 9.90 Å². The molecule has 0 bridgehead atoms. The minimum Gasteiger partial charge on any atom is -0.480 e. The van der Waals surface area contributed by atoms with E-state index >= 15 is 0 Å². The second kappa shape index (κ2) is 5.56. The van der Waals surface area contributed by atoms with Crippen molar-refractivity contribution in [3.8, 4) is 0 Å². The fourth-order valence-electron chi connectivity index (χ4n) is 3.34. The highest BCUT2D eigenvalue weighted by Gasteiger charge is 2.54. The van der Waals surface area contributed by atoms with Gasteiger partial charge in [-0.2, -0.15) is 0 Å². The number of carbonyl (C=O) groups is 1. The Morgan fingerprint density at radius 1 is 1.39 bits per heavy atom. The Hall–Kier alpha value is -0.625. The molecule has 2 saturated heterocycles. The van der Waals surface area contributed by atoms with Gasteiger partial charge in [0, 0.05) is 18.5 Å². The average Bonchev–Trinajstić information content (AvgIpc) is 2.86. The van der Waals surface area contributed by atoms with Gasteiger partial charge in [-0.3, -0.25) is 4.79 Å². The fourth-order valence-corrected chi connectivity index (χ4v) is 3.34. The van der Waals surface area contributed by atoms with E-state index in [-0.39, 0.29) is 12.0 Å². The highest BCUT2D eigenvalue weighted by atomic mass is 16.4. The van der Waals surface area contributed by atoms with Gasteiger partial charge in [0.1, 0.15) is 5.54 Å². The van der Waals surface area contributed by atoms with E-state index < -0.39 is 18.6 Å². The van der Waals surface area contributed by atoms with Crippen LogP contribution in [0.5, 0.6) is 0 Å². The number of carboxylic acids is 1. The first kappa shape index (κ1) is 13.8. The van der Waals surface area contributed by atoms with Crippen LogP contribution >= 0.6 is 0 Å². The van der Waals surface area contributed by atoms with E-state index in [1.807, 2.05) is 0 Å². The van der Waals surface area contributed by atoms with Crippen molar-refractivity contribution in [2.45, 2.75) is 43.6 Å². The number of fused-ring (bicyclic) bond motifs is 1. The van der Waals surface area contributed by atoms with Gasteiger partial charge in [0.05, 0.1) is 0 Å². The van der Waals surface area contributed by atoms with Gasteiger partial charge < -0.3 is 25.8 Å². The lowest BCUT2D eigenvalue weighted by Crippen LogP contribution is -2.52. The number of hydrogen-bond acceptors (Lipinski definition) is 5. The molecule has 0 saturated carbocycles. The highest BCUT2D eigenvalue weighted by Crippen LogP contribution is 2.37. The Labute approximate surface area is 107 Å². The number of hydrogen-bond donors (Lipinski definition) is 5. The van der Waals surface area contributed by atoms with E-state index in [1.54, 1.807) is 0 Å². The van der Waals surface area contributed by atoms with Gasteiger partial charge in [0.15, 0.2) is 0 Å². The van der Waals surface area contributed by atoms with Crippen molar-refractivity contribution in [1.29, 1.82) is 0 Å². The summed E-state index contributed by atoms with van der Waals surface area (Å²) < 4.78 is 0.